The summed E-state index contributed by atoms with van der Waals surface area (Å²) < 4.78 is 15.8. The zero-order valence-electron chi connectivity index (χ0n) is 36.2. The molecular formula is C56H62N4O2+2. The van der Waals surface area contributed by atoms with E-state index in [1.165, 1.54) is 56.6 Å². The minimum absolute atomic E-state index is 0.0686. The highest BCUT2D eigenvalue weighted by Gasteiger charge is 2.56. The third-order valence-electron chi connectivity index (χ3n) is 15.8. The summed E-state index contributed by atoms with van der Waals surface area (Å²) in [5.74, 6) is 2.24. The zero-order chi connectivity index (χ0) is 42.3. The van der Waals surface area contributed by atoms with E-state index in [9.17, 15) is 0 Å². The number of hydrogen-bond acceptors (Lipinski definition) is 4. The van der Waals surface area contributed by atoms with Crippen LogP contribution in [0.25, 0.3) is 32.6 Å². The summed E-state index contributed by atoms with van der Waals surface area (Å²) in [7, 11) is 0. The van der Waals surface area contributed by atoms with Gasteiger partial charge in [0, 0.05) is 71.8 Å². The highest BCUT2D eigenvalue weighted by atomic mass is 16.5. The molecule has 0 amide bonds. The molecule has 8 unspecified atom stereocenters. The van der Waals surface area contributed by atoms with Gasteiger partial charge in [-0.1, -0.05) is 85.0 Å². The van der Waals surface area contributed by atoms with Crippen LogP contribution in [0, 0.1) is 23.7 Å². The number of ether oxygens (including phenoxy) is 2. The van der Waals surface area contributed by atoms with Gasteiger partial charge in [-0.2, -0.15) is 0 Å². The number of rotatable bonds is 16. The summed E-state index contributed by atoms with van der Waals surface area (Å²) in [5, 5.41) is 4.98. The van der Waals surface area contributed by atoms with Gasteiger partial charge in [-0.05, 0) is 70.1 Å². The molecule has 62 heavy (non-hydrogen) atoms. The van der Waals surface area contributed by atoms with Crippen LogP contribution in [-0.4, -0.2) is 70.4 Å². The predicted molar refractivity (Wildman–Crippen MR) is 253 cm³/mol. The molecule has 0 N–H and O–H groups in total. The largest absolute Gasteiger partial charge is 0.363 e. The molecule has 10 atom stereocenters. The van der Waals surface area contributed by atoms with Crippen LogP contribution in [0.2, 0.25) is 0 Å². The van der Waals surface area contributed by atoms with Crippen LogP contribution in [0.15, 0.2) is 160 Å². The summed E-state index contributed by atoms with van der Waals surface area (Å²) in [6.07, 6.45) is 16.7. The molecule has 0 saturated carbocycles. The lowest BCUT2D eigenvalue weighted by Gasteiger charge is -2.58. The predicted octanol–water partition coefficient (Wildman–Crippen LogP) is 11.6. The second-order valence-electron chi connectivity index (χ2n) is 19.0. The van der Waals surface area contributed by atoms with Crippen LogP contribution in [0.3, 0.4) is 0 Å². The van der Waals surface area contributed by atoms with E-state index < -0.39 is 0 Å². The van der Waals surface area contributed by atoms with Crippen molar-refractivity contribution in [3.05, 3.63) is 182 Å². The minimum Gasteiger partial charge on any atom is -0.363 e. The van der Waals surface area contributed by atoms with Crippen molar-refractivity contribution in [1.82, 2.24) is 9.97 Å². The topological polar surface area (TPSA) is 44.2 Å². The first kappa shape index (κ1) is 40.8. The van der Waals surface area contributed by atoms with E-state index in [2.05, 4.69) is 136 Å². The van der Waals surface area contributed by atoms with E-state index in [1.54, 1.807) is 0 Å². The monoisotopic (exact) mass is 822 g/mol. The number of para-hydroxylation sites is 2. The lowest BCUT2D eigenvalue weighted by molar-refractivity contribution is -0.985. The Morgan fingerprint density at radius 2 is 1.05 bits per heavy atom. The van der Waals surface area contributed by atoms with Crippen molar-refractivity contribution in [1.29, 1.82) is 0 Å². The molecule has 6 aliphatic rings. The zero-order valence-corrected chi connectivity index (χ0v) is 36.2. The number of piperidine rings is 6. The Morgan fingerprint density at radius 3 is 1.50 bits per heavy atom. The van der Waals surface area contributed by atoms with Gasteiger partial charge in [0.25, 0.3) is 0 Å². The summed E-state index contributed by atoms with van der Waals surface area (Å²) >= 11 is 0. The molecular weight excluding hydrogens is 761 g/mol. The van der Waals surface area contributed by atoms with E-state index in [-0.39, 0.29) is 12.2 Å². The van der Waals surface area contributed by atoms with Crippen molar-refractivity contribution in [3.8, 4) is 0 Å². The fraction of sp³-hybridized carbons (Fsp3) is 0.357. The fourth-order valence-corrected chi connectivity index (χ4v) is 12.9. The molecule has 6 fully saturated rings. The first-order valence-corrected chi connectivity index (χ1v) is 23.1. The van der Waals surface area contributed by atoms with E-state index in [4.69, 9.17) is 19.4 Å². The Bertz CT molecular complexity index is 2450. The van der Waals surface area contributed by atoms with Gasteiger partial charge >= 0.3 is 0 Å². The molecule has 4 bridgehead atoms. The number of pyridine rings is 2. The standard InChI is InChI=1S/C56H62N4O2/c1-5-29-61-55(49-21-25-57-51-15-11-9-13-47(49)51)53-33-44-23-27-59(53,37-41(44)7-3)35-39-17-19-43-20-18-40(32-46(43)31-39)36-60-28-24-45(42(8-4)38-60)34-54(60)56(62-30-6-2)50-22-26-58-52-16-12-10-14-48(50)52/h5-22,25-26,31-32,41-42,44-45,53-56H,1-4,23-24,27-30,33-38H2/q+2/t41?,42?,44?,45?,53?,54?,55-,56-,59?,60?/m1/s1. The Labute approximate surface area is 368 Å². The smallest absolute Gasteiger partial charge is 0.135 e. The van der Waals surface area contributed by atoms with Crippen molar-refractivity contribution >= 4 is 32.6 Å². The maximum absolute atomic E-state index is 6.89. The Balaban J connectivity index is 0.998. The van der Waals surface area contributed by atoms with E-state index in [0.29, 0.717) is 49.0 Å². The average Bonchev–Trinajstić information content (AvgIpc) is 3.32. The van der Waals surface area contributed by atoms with Crippen LogP contribution < -0.4 is 0 Å². The fourth-order valence-electron chi connectivity index (χ4n) is 12.9. The van der Waals surface area contributed by atoms with Crippen molar-refractivity contribution < 1.29 is 18.4 Å². The lowest BCUT2D eigenvalue weighted by atomic mass is 9.71. The molecule has 0 aliphatic carbocycles. The maximum atomic E-state index is 6.89. The molecule has 12 rings (SSSR count). The number of quaternary nitrogens is 2. The second-order valence-corrected chi connectivity index (χ2v) is 19.0. The third-order valence-corrected chi connectivity index (χ3v) is 15.8. The molecule has 6 heteroatoms. The van der Waals surface area contributed by atoms with Crippen molar-refractivity contribution in [2.24, 2.45) is 23.7 Å². The number of fused-ring (bicyclic) bond motifs is 9. The van der Waals surface area contributed by atoms with Gasteiger partial charge in [0.15, 0.2) is 0 Å². The van der Waals surface area contributed by atoms with Gasteiger partial charge in [-0.25, -0.2) is 0 Å². The molecule has 316 valence electrons. The molecule has 4 aromatic carbocycles. The summed E-state index contributed by atoms with van der Waals surface area (Å²) in [4.78, 5) is 9.48. The number of aromatic nitrogens is 2. The van der Waals surface area contributed by atoms with Gasteiger partial charge in [0.1, 0.15) is 37.4 Å². The van der Waals surface area contributed by atoms with Crippen LogP contribution in [0.1, 0.15) is 60.1 Å². The van der Waals surface area contributed by atoms with E-state index in [0.717, 1.165) is 72.1 Å². The SMILES string of the molecule is C=CCO[C@H](c1ccnc2ccccc12)C1CC2CC[N+]1(Cc1ccc3ccc(C[N+]45CCC(CC4[C@H](OCC=C)c4ccnc6ccccc46)C(C=C)C5)cc3c1)CC2C=C. The summed E-state index contributed by atoms with van der Waals surface area (Å²) in [6.45, 7) is 24.3. The highest BCUT2D eigenvalue weighted by molar-refractivity contribution is 5.84. The number of nitrogens with zero attached hydrogens (tertiary/aromatic N) is 4. The maximum Gasteiger partial charge on any atom is 0.135 e. The molecule has 6 aliphatic heterocycles. The first-order valence-electron chi connectivity index (χ1n) is 23.1. The minimum atomic E-state index is -0.0686. The van der Waals surface area contributed by atoms with Crippen molar-refractivity contribution in [2.45, 2.75) is 63.1 Å². The molecule has 8 heterocycles. The van der Waals surface area contributed by atoms with Crippen molar-refractivity contribution in [2.75, 3.05) is 39.4 Å². The molecule has 0 spiro atoms. The first-order chi connectivity index (χ1) is 30.4. The molecule has 2 aromatic heterocycles. The Hall–Kier alpha value is -5.24. The summed E-state index contributed by atoms with van der Waals surface area (Å²) in [5.41, 5.74) is 7.30. The molecule has 0 radical (unpaired) electrons. The molecule has 6 saturated heterocycles. The van der Waals surface area contributed by atoms with Gasteiger partial charge in [-0.15, -0.1) is 26.3 Å². The highest BCUT2D eigenvalue weighted by Crippen LogP contribution is 2.51. The Kier molecular flexibility index (Phi) is 11.3. The van der Waals surface area contributed by atoms with Gasteiger partial charge in [-0.3, -0.25) is 9.97 Å². The van der Waals surface area contributed by atoms with Gasteiger partial charge in [0.05, 0.1) is 50.4 Å². The third kappa shape index (κ3) is 7.35. The van der Waals surface area contributed by atoms with Gasteiger partial charge < -0.3 is 18.4 Å². The van der Waals surface area contributed by atoms with Gasteiger partial charge in [0.2, 0.25) is 0 Å². The Morgan fingerprint density at radius 1 is 0.581 bits per heavy atom. The molecule has 6 nitrogen and oxygen atoms in total. The van der Waals surface area contributed by atoms with E-state index >= 15 is 0 Å². The molecule has 6 aromatic rings. The van der Waals surface area contributed by atoms with Crippen LogP contribution in [0.4, 0.5) is 0 Å². The number of hydrogen-bond donors (Lipinski definition) is 0. The quantitative estimate of drug-likeness (QED) is 0.0720. The average molecular weight is 823 g/mol. The van der Waals surface area contributed by atoms with Crippen LogP contribution in [0.5, 0.6) is 0 Å². The number of benzene rings is 4. The normalized spacial score (nSPS) is 28.8. The van der Waals surface area contributed by atoms with Crippen LogP contribution in [-0.2, 0) is 22.6 Å². The lowest BCUT2D eigenvalue weighted by Crippen LogP contribution is -2.67. The summed E-state index contributed by atoms with van der Waals surface area (Å²) in [6, 6.07) is 36.6. The second kappa shape index (κ2) is 17.1. The van der Waals surface area contributed by atoms with E-state index in [1.807, 2.05) is 24.5 Å². The van der Waals surface area contributed by atoms with Crippen molar-refractivity contribution in [3.63, 3.8) is 0 Å². The van der Waals surface area contributed by atoms with Crippen LogP contribution >= 0.6 is 0 Å².